The van der Waals surface area contributed by atoms with Gasteiger partial charge in [0.1, 0.15) is 12.4 Å². The van der Waals surface area contributed by atoms with E-state index in [0.29, 0.717) is 24.0 Å². The SMILES string of the molecule is COC(=O)c1ccc(COc2cccc(-c3cccnc3OCC3CC3)c2)cc1. The molecule has 1 saturated carbocycles. The summed E-state index contributed by atoms with van der Waals surface area (Å²) < 4.78 is 16.6. The Labute approximate surface area is 170 Å². The van der Waals surface area contributed by atoms with Crippen molar-refractivity contribution in [2.24, 2.45) is 5.92 Å². The van der Waals surface area contributed by atoms with Crippen LogP contribution in [0.2, 0.25) is 0 Å². The number of hydrogen-bond acceptors (Lipinski definition) is 5. The second-order valence-corrected chi connectivity index (χ2v) is 7.12. The molecule has 148 valence electrons. The highest BCUT2D eigenvalue weighted by molar-refractivity contribution is 5.89. The van der Waals surface area contributed by atoms with Crippen molar-refractivity contribution in [1.29, 1.82) is 0 Å². The number of methoxy groups -OCH3 is 1. The van der Waals surface area contributed by atoms with Gasteiger partial charge in [-0.05, 0) is 66.3 Å². The summed E-state index contributed by atoms with van der Waals surface area (Å²) in [4.78, 5) is 15.9. The summed E-state index contributed by atoms with van der Waals surface area (Å²) in [7, 11) is 1.37. The zero-order valence-electron chi connectivity index (χ0n) is 16.3. The number of benzene rings is 2. The lowest BCUT2D eigenvalue weighted by Crippen LogP contribution is -2.02. The minimum atomic E-state index is -0.346. The first kappa shape index (κ1) is 19.0. The summed E-state index contributed by atoms with van der Waals surface area (Å²) in [6.45, 7) is 1.13. The van der Waals surface area contributed by atoms with Crippen LogP contribution in [0.1, 0.15) is 28.8 Å². The second-order valence-electron chi connectivity index (χ2n) is 7.12. The van der Waals surface area contributed by atoms with Crippen molar-refractivity contribution >= 4 is 5.97 Å². The van der Waals surface area contributed by atoms with Crippen LogP contribution in [0.4, 0.5) is 0 Å². The van der Waals surface area contributed by atoms with E-state index >= 15 is 0 Å². The average molecular weight is 389 g/mol. The Kier molecular flexibility index (Phi) is 5.75. The Hall–Kier alpha value is -3.34. The maximum absolute atomic E-state index is 11.5. The van der Waals surface area contributed by atoms with Crippen LogP contribution in [0.25, 0.3) is 11.1 Å². The number of carbonyl (C=O) groups excluding carboxylic acids is 1. The van der Waals surface area contributed by atoms with E-state index < -0.39 is 0 Å². The van der Waals surface area contributed by atoms with Gasteiger partial charge < -0.3 is 14.2 Å². The van der Waals surface area contributed by atoms with Crippen LogP contribution >= 0.6 is 0 Å². The standard InChI is InChI=1S/C24H23NO4/c1-27-24(26)19-11-9-18(10-12-19)15-28-21-5-2-4-20(14-21)22-6-3-13-25-23(22)29-16-17-7-8-17/h2-6,9-14,17H,7-8,15-16H2,1H3. The van der Waals surface area contributed by atoms with Crippen molar-refractivity contribution in [2.45, 2.75) is 19.4 Å². The van der Waals surface area contributed by atoms with E-state index in [1.165, 1.54) is 20.0 Å². The highest BCUT2D eigenvalue weighted by Crippen LogP contribution is 2.33. The molecule has 0 amide bonds. The summed E-state index contributed by atoms with van der Waals surface area (Å²) in [6, 6.07) is 19.0. The number of pyridine rings is 1. The van der Waals surface area contributed by atoms with Gasteiger partial charge >= 0.3 is 5.97 Å². The van der Waals surface area contributed by atoms with Gasteiger partial charge in [-0.2, -0.15) is 0 Å². The summed E-state index contributed by atoms with van der Waals surface area (Å²) in [5, 5.41) is 0. The number of esters is 1. The monoisotopic (exact) mass is 389 g/mol. The van der Waals surface area contributed by atoms with Gasteiger partial charge in [-0.25, -0.2) is 9.78 Å². The summed E-state index contributed by atoms with van der Waals surface area (Å²) in [6.07, 6.45) is 4.24. The van der Waals surface area contributed by atoms with Gasteiger partial charge in [-0.15, -0.1) is 0 Å². The molecule has 0 spiro atoms. The molecule has 0 saturated heterocycles. The number of ether oxygens (including phenoxy) is 3. The lowest BCUT2D eigenvalue weighted by Gasteiger charge is -2.12. The fourth-order valence-corrected chi connectivity index (χ4v) is 2.98. The van der Waals surface area contributed by atoms with E-state index in [1.54, 1.807) is 18.3 Å². The minimum Gasteiger partial charge on any atom is -0.489 e. The fraction of sp³-hybridized carbons (Fsp3) is 0.250. The molecule has 0 unspecified atom stereocenters. The molecular weight excluding hydrogens is 366 g/mol. The molecule has 1 aliphatic rings. The topological polar surface area (TPSA) is 57.7 Å². The Morgan fingerprint density at radius 3 is 2.62 bits per heavy atom. The first-order valence-electron chi connectivity index (χ1n) is 9.71. The lowest BCUT2D eigenvalue weighted by atomic mass is 10.1. The number of carbonyl (C=O) groups is 1. The van der Waals surface area contributed by atoms with E-state index in [0.717, 1.165) is 29.0 Å². The Bertz CT molecular complexity index is 980. The predicted octanol–water partition coefficient (Wildman–Crippen LogP) is 4.90. The van der Waals surface area contributed by atoms with Crippen molar-refractivity contribution in [2.75, 3.05) is 13.7 Å². The van der Waals surface area contributed by atoms with E-state index in [1.807, 2.05) is 48.5 Å². The zero-order valence-corrected chi connectivity index (χ0v) is 16.3. The first-order chi connectivity index (χ1) is 14.2. The molecule has 1 aromatic heterocycles. The van der Waals surface area contributed by atoms with Crippen LogP contribution in [0.15, 0.2) is 66.9 Å². The third-order valence-electron chi connectivity index (χ3n) is 4.85. The molecule has 1 fully saturated rings. The zero-order chi connectivity index (χ0) is 20.1. The summed E-state index contributed by atoms with van der Waals surface area (Å²) in [5.41, 5.74) is 3.45. The van der Waals surface area contributed by atoms with Crippen molar-refractivity contribution in [3.05, 3.63) is 78.0 Å². The van der Waals surface area contributed by atoms with Gasteiger partial charge in [0.05, 0.1) is 19.3 Å². The molecule has 29 heavy (non-hydrogen) atoms. The molecule has 3 aromatic rings. The average Bonchev–Trinajstić information content (AvgIpc) is 3.61. The molecule has 0 N–H and O–H groups in total. The Morgan fingerprint density at radius 1 is 1.03 bits per heavy atom. The Morgan fingerprint density at radius 2 is 1.86 bits per heavy atom. The van der Waals surface area contributed by atoms with Crippen LogP contribution < -0.4 is 9.47 Å². The fourth-order valence-electron chi connectivity index (χ4n) is 2.98. The van der Waals surface area contributed by atoms with Crippen molar-refractivity contribution in [3.8, 4) is 22.8 Å². The highest BCUT2D eigenvalue weighted by Gasteiger charge is 2.22. The van der Waals surface area contributed by atoms with E-state index in [2.05, 4.69) is 4.98 Å². The van der Waals surface area contributed by atoms with Crippen LogP contribution in [0.3, 0.4) is 0 Å². The van der Waals surface area contributed by atoms with Crippen LogP contribution in [-0.2, 0) is 11.3 Å². The molecule has 0 bridgehead atoms. The minimum absolute atomic E-state index is 0.346. The van der Waals surface area contributed by atoms with Crippen molar-refractivity contribution in [1.82, 2.24) is 4.98 Å². The third-order valence-corrected chi connectivity index (χ3v) is 4.85. The van der Waals surface area contributed by atoms with Gasteiger partial charge in [0.15, 0.2) is 0 Å². The van der Waals surface area contributed by atoms with Gasteiger partial charge in [0.25, 0.3) is 0 Å². The normalized spacial score (nSPS) is 13.0. The molecular formula is C24H23NO4. The molecule has 0 radical (unpaired) electrons. The molecule has 0 aliphatic heterocycles. The molecule has 4 rings (SSSR count). The van der Waals surface area contributed by atoms with E-state index in [9.17, 15) is 4.79 Å². The van der Waals surface area contributed by atoms with Gasteiger partial charge in [-0.3, -0.25) is 0 Å². The van der Waals surface area contributed by atoms with Crippen LogP contribution in [-0.4, -0.2) is 24.7 Å². The molecule has 1 aliphatic carbocycles. The number of rotatable bonds is 8. The summed E-state index contributed by atoms with van der Waals surface area (Å²) in [5.74, 6) is 1.75. The van der Waals surface area contributed by atoms with Crippen molar-refractivity contribution in [3.63, 3.8) is 0 Å². The van der Waals surface area contributed by atoms with Gasteiger partial charge in [0.2, 0.25) is 5.88 Å². The smallest absolute Gasteiger partial charge is 0.337 e. The maximum atomic E-state index is 11.5. The van der Waals surface area contributed by atoms with Gasteiger partial charge in [-0.1, -0.05) is 24.3 Å². The lowest BCUT2D eigenvalue weighted by molar-refractivity contribution is 0.0600. The number of aromatic nitrogens is 1. The molecule has 5 heteroatoms. The largest absolute Gasteiger partial charge is 0.489 e. The van der Waals surface area contributed by atoms with Crippen LogP contribution in [0, 0.1) is 5.92 Å². The molecule has 2 aromatic carbocycles. The van der Waals surface area contributed by atoms with E-state index in [4.69, 9.17) is 14.2 Å². The van der Waals surface area contributed by atoms with Gasteiger partial charge in [0, 0.05) is 11.8 Å². The Balaban J connectivity index is 1.44. The predicted molar refractivity (Wildman–Crippen MR) is 110 cm³/mol. The highest BCUT2D eigenvalue weighted by atomic mass is 16.5. The maximum Gasteiger partial charge on any atom is 0.337 e. The molecule has 5 nitrogen and oxygen atoms in total. The first-order valence-corrected chi connectivity index (χ1v) is 9.71. The molecule has 1 heterocycles. The molecule has 0 atom stereocenters. The summed E-state index contributed by atoms with van der Waals surface area (Å²) >= 11 is 0. The van der Waals surface area contributed by atoms with E-state index in [-0.39, 0.29) is 5.97 Å². The van der Waals surface area contributed by atoms with Crippen molar-refractivity contribution < 1.29 is 19.0 Å². The number of nitrogens with zero attached hydrogens (tertiary/aromatic N) is 1. The number of hydrogen-bond donors (Lipinski definition) is 0. The second kappa shape index (κ2) is 8.78. The third kappa shape index (κ3) is 4.93. The van der Waals surface area contributed by atoms with Crippen LogP contribution in [0.5, 0.6) is 11.6 Å². The quantitative estimate of drug-likeness (QED) is 0.513.